The predicted molar refractivity (Wildman–Crippen MR) is 64.3 cm³/mol. The maximum atomic E-state index is 11.6. The monoisotopic (exact) mass is 252 g/mol. The molecule has 1 aromatic carbocycles. The van der Waals surface area contributed by atoms with Crippen LogP contribution in [0.1, 0.15) is 12.5 Å². The van der Waals surface area contributed by atoms with Crippen molar-refractivity contribution < 1.29 is 23.7 Å². The largest absolute Gasteiger partial charge is 0.493 e. The maximum Gasteiger partial charge on any atom is 0.347 e. The fourth-order valence-corrected chi connectivity index (χ4v) is 1.98. The molecule has 0 spiro atoms. The van der Waals surface area contributed by atoms with Crippen molar-refractivity contribution >= 4 is 5.97 Å². The third kappa shape index (κ3) is 2.08. The van der Waals surface area contributed by atoms with Crippen LogP contribution in [-0.4, -0.2) is 32.9 Å². The summed E-state index contributed by atoms with van der Waals surface area (Å²) in [5, 5.41) is 0. The second-order valence-corrected chi connectivity index (χ2v) is 3.85. The van der Waals surface area contributed by atoms with Gasteiger partial charge in [0.05, 0.1) is 20.8 Å². The second-order valence-electron chi connectivity index (χ2n) is 3.85. The van der Waals surface area contributed by atoms with Gasteiger partial charge in [0.1, 0.15) is 0 Å². The quantitative estimate of drug-likeness (QED) is 0.761. The zero-order valence-electron chi connectivity index (χ0n) is 10.7. The maximum absolute atomic E-state index is 11.6. The Bertz CT molecular complexity index is 455. The number of fused-ring (bicyclic) bond motifs is 1. The summed E-state index contributed by atoms with van der Waals surface area (Å²) in [6.07, 6.45) is -0.102. The first kappa shape index (κ1) is 12.5. The van der Waals surface area contributed by atoms with E-state index >= 15 is 0 Å². The van der Waals surface area contributed by atoms with E-state index in [1.54, 1.807) is 27.2 Å². The first-order chi connectivity index (χ1) is 8.71. The van der Waals surface area contributed by atoms with Gasteiger partial charge in [-0.2, -0.15) is 0 Å². The highest BCUT2D eigenvalue weighted by Gasteiger charge is 2.33. The van der Waals surface area contributed by atoms with E-state index in [1.807, 2.05) is 6.07 Å². The van der Waals surface area contributed by atoms with Crippen molar-refractivity contribution in [1.82, 2.24) is 0 Å². The molecule has 18 heavy (non-hydrogen) atoms. The van der Waals surface area contributed by atoms with E-state index in [4.69, 9.17) is 18.9 Å². The Balaban J connectivity index is 2.26. The summed E-state index contributed by atoms with van der Waals surface area (Å²) in [6, 6.07) is 3.67. The van der Waals surface area contributed by atoms with Crippen molar-refractivity contribution in [3.63, 3.8) is 0 Å². The summed E-state index contributed by atoms with van der Waals surface area (Å²) in [6.45, 7) is 2.11. The van der Waals surface area contributed by atoms with Gasteiger partial charge in [-0.25, -0.2) is 4.79 Å². The van der Waals surface area contributed by atoms with Gasteiger partial charge >= 0.3 is 5.97 Å². The topological polar surface area (TPSA) is 54.0 Å². The second kappa shape index (κ2) is 5.16. The summed E-state index contributed by atoms with van der Waals surface area (Å²) in [5.41, 5.74) is 0.922. The Morgan fingerprint density at radius 1 is 1.39 bits per heavy atom. The summed E-state index contributed by atoms with van der Waals surface area (Å²) < 4.78 is 21.0. The number of ether oxygens (including phenoxy) is 4. The number of hydrogen-bond donors (Lipinski definition) is 0. The summed E-state index contributed by atoms with van der Waals surface area (Å²) in [5.74, 6) is 1.31. The fourth-order valence-electron chi connectivity index (χ4n) is 1.98. The lowest BCUT2D eigenvalue weighted by Crippen LogP contribution is -2.27. The molecule has 1 aromatic rings. The predicted octanol–water partition coefficient (Wildman–Crippen LogP) is 1.57. The molecule has 0 amide bonds. The van der Waals surface area contributed by atoms with Gasteiger partial charge in [-0.05, 0) is 13.0 Å². The summed E-state index contributed by atoms with van der Waals surface area (Å²) >= 11 is 0. The minimum absolute atomic E-state index is 0.343. The van der Waals surface area contributed by atoms with Gasteiger partial charge in [0.15, 0.2) is 17.6 Å². The smallest absolute Gasteiger partial charge is 0.347 e. The van der Waals surface area contributed by atoms with Gasteiger partial charge in [-0.3, -0.25) is 0 Å². The van der Waals surface area contributed by atoms with Crippen molar-refractivity contribution in [1.29, 1.82) is 0 Å². The van der Waals surface area contributed by atoms with Crippen molar-refractivity contribution in [3.05, 3.63) is 17.7 Å². The average molecular weight is 252 g/mol. The van der Waals surface area contributed by atoms with Crippen molar-refractivity contribution in [2.75, 3.05) is 20.8 Å². The van der Waals surface area contributed by atoms with E-state index in [1.165, 1.54) is 0 Å². The zero-order chi connectivity index (χ0) is 13.1. The third-order valence-electron chi connectivity index (χ3n) is 2.80. The van der Waals surface area contributed by atoms with E-state index < -0.39 is 6.10 Å². The Kier molecular flexibility index (Phi) is 3.60. The van der Waals surface area contributed by atoms with Crippen LogP contribution in [-0.2, 0) is 16.0 Å². The average Bonchev–Trinajstić information content (AvgIpc) is 2.81. The number of esters is 1. The molecule has 5 nitrogen and oxygen atoms in total. The number of rotatable bonds is 4. The van der Waals surface area contributed by atoms with Crippen LogP contribution in [0.4, 0.5) is 0 Å². The van der Waals surface area contributed by atoms with Crippen LogP contribution < -0.4 is 14.2 Å². The first-order valence-corrected chi connectivity index (χ1v) is 5.78. The first-order valence-electron chi connectivity index (χ1n) is 5.78. The Morgan fingerprint density at radius 2 is 2.17 bits per heavy atom. The molecule has 0 bridgehead atoms. The van der Waals surface area contributed by atoms with Gasteiger partial charge in [-0.15, -0.1) is 0 Å². The zero-order valence-corrected chi connectivity index (χ0v) is 10.7. The highest BCUT2D eigenvalue weighted by molar-refractivity contribution is 5.77. The standard InChI is InChI=1S/C13H16O5/c1-4-17-13(14)10-7-8-5-6-9(15-2)12(16-3)11(8)18-10/h5-6,10H,4,7H2,1-3H3/t10-/m1/s1. The van der Waals surface area contributed by atoms with Crippen LogP contribution in [0, 0.1) is 0 Å². The molecule has 1 aliphatic rings. The lowest BCUT2D eigenvalue weighted by molar-refractivity contribution is -0.150. The van der Waals surface area contributed by atoms with Gasteiger partial charge in [-0.1, -0.05) is 6.07 Å². The van der Waals surface area contributed by atoms with Crippen LogP contribution in [0.15, 0.2) is 12.1 Å². The van der Waals surface area contributed by atoms with Gasteiger partial charge in [0, 0.05) is 12.0 Å². The lowest BCUT2D eigenvalue weighted by atomic mass is 10.1. The molecule has 0 aromatic heterocycles. The molecule has 0 radical (unpaired) electrons. The fraction of sp³-hybridized carbons (Fsp3) is 0.462. The molecule has 0 aliphatic carbocycles. The number of carbonyl (C=O) groups excluding carboxylic acids is 1. The van der Waals surface area contributed by atoms with Crippen LogP contribution >= 0.6 is 0 Å². The molecular formula is C13H16O5. The van der Waals surface area contributed by atoms with Gasteiger partial charge in [0.25, 0.3) is 0 Å². The molecule has 0 N–H and O–H groups in total. The van der Waals surface area contributed by atoms with Crippen molar-refractivity contribution in [2.45, 2.75) is 19.4 Å². The molecule has 5 heteroatoms. The molecule has 0 unspecified atom stereocenters. The molecule has 0 fully saturated rings. The van der Waals surface area contributed by atoms with Crippen LogP contribution in [0.2, 0.25) is 0 Å². The van der Waals surface area contributed by atoms with E-state index in [0.717, 1.165) is 5.56 Å². The number of benzene rings is 1. The number of carbonyl (C=O) groups is 1. The van der Waals surface area contributed by atoms with Gasteiger partial charge < -0.3 is 18.9 Å². The summed E-state index contributed by atoms with van der Waals surface area (Å²) in [4.78, 5) is 11.6. The number of methoxy groups -OCH3 is 2. The Labute approximate surface area is 106 Å². The van der Waals surface area contributed by atoms with Crippen LogP contribution in [0.3, 0.4) is 0 Å². The minimum atomic E-state index is -0.596. The number of hydrogen-bond acceptors (Lipinski definition) is 5. The molecule has 0 saturated heterocycles. The summed E-state index contributed by atoms with van der Waals surface area (Å²) in [7, 11) is 3.10. The molecule has 1 heterocycles. The highest BCUT2D eigenvalue weighted by Crippen LogP contribution is 2.44. The highest BCUT2D eigenvalue weighted by atomic mass is 16.6. The molecular weight excluding hydrogens is 236 g/mol. The van der Waals surface area contributed by atoms with E-state index in [9.17, 15) is 4.79 Å². The van der Waals surface area contributed by atoms with E-state index in [-0.39, 0.29) is 5.97 Å². The van der Waals surface area contributed by atoms with E-state index in [2.05, 4.69) is 0 Å². The molecule has 98 valence electrons. The minimum Gasteiger partial charge on any atom is -0.493 e. The molecule has 0 saturated carbocycles. The molecule has 2 rings (SSSR count). The molecule has 1 atom stereocenters. The van der Waals surface area contributed by atoms with Crippen molar-refractivity contribution in [2.24, 2.45) is 0 Å². The Morgan fingerprint density at radius 3 is 2.78 bits per heavy atom. The third-order valence-corrected chi connectivity index (χ3v) is 2.80. The normalized spacial score (nSPS) is 16.7. The lowest BCUT2D eigenvalue weighted by Gasteiger charge is -2.12. The van der Waals surface area contributed by atoms with Crippen LogP contribution in [0.5, 0.6) is 17.2 Å². The molecule has 1 aliphatic heterocycles. The van der Waals surface area contributed by atoms with E-state index in [0.29, 0.717) is 30.3 Å². The SMILES string of the molecule is CCOC(=O)[C@H]1Cc2ccc(OC)c(OC)c2O1. The Hall–Kier alpha value is -1.91. The van der Waals surface area contributed by atoms with Crippen LogP contribution in [0.25, 0.3) is 0 Å². The van der Waals surface area contributed by atoms with Gasteiger partial charge in [0.2, 0.25) is 5.75 Å². The van der Waals surface area contributed by atoms with Crippen molar-refractivity contribution in [3.8, 4) is 17.2 Å².